The van der Waals surface area contributed by atoms with Crippen LogP contribution in [0, 0.1) is 13.8 Å². The van der Waals surface area contributed by atoms with E-state index in [1.807, 2.05) is 44.5 Å². The van der Waals surface area contributed by atoms with Crippen molar-refractivity contribution >= 4 is 28.3 Å². The third-order valence-corrected chi connectivity index (χ3v) is 6.43. The zero-order valence-electron chi connectivity index (χ0n) is 19.0. The van der Waals surface area contributed by atoms with E-state index >= 15 is 0 Å². The first-order valence-corrected chi connectivity index (χ1v) is 11.6. The first-order chi connectivity index (χ1) is 15.3. The molecule has 1 atom stereocenters. The summed E-state index contributed by atoms with van der Waals surface area (Å²) in [5, 5.41) is 10.4. The second-order valence-corrected chi connectivity index (χ2v) is 9.31. The third-order valence-electron chi connectivity index (χ3n) is 5.50. The zero-order chi connectivity index (χ0) is 22.8. The minimum absolute atomic E-state index is 0.120. The predicted octanol–water partition coefficient (Wildman–Crippen LogP) is 5.05. The van der Waals surface area contributed by atoms with E-state index in [-0.39, 0.29) is 18.6 Å². The quantitative estimate of drug-likeness (QED) is 0.429. The highest BCUT2D eigenvalue weighted by molar-refractivity contribution is 7.10. The maximum Gasteiger partial charge on any atom is 0.258 e. The van der Waals surface area contributed by atoms with Crippen LogP contribution in [0.2, 0.25) is 0 Å². The fourth-order valence-corrected chi connectivity index (χ4v) is 4.64. The van der Waals surface area contributed by atoms with E-state index in [0.29, 0.717) is 11.8 Å². The average molecular weight is 449 g/mol. The Morgan fingerprint density at radius 1 is 1.16 bits per heavy atom. The van der Waals surface area contributed by atoms with E-state index in [1.165, 1.54) is 5.56 Å². The van der Waals surface area contributed by atoms with Crippen molar-refractivity contribution in [3.8, 4) is 5.88 Å². The van der Waals surface area contributed by atoms with E-state index in [2.05, 4.69) is 53.5 Å². The lowest BCUT2D eigenvalue weighted by atomic mass is 9.98. The summed E-state index contributed by atoms with van der Waals surface area (Å²) in [5.74, 6) is 0.687. The van der Waals surface area contributed by atoms with Gasteiger partial charge in [0.1, 0.15) is 0 Å². The summed E-state index contributed by atoms with van der Waals surface area (Å²) in [6.07, 6.45) is 0. The number of nitrogens with zero attached hydrogens (tertiary/aromatic N) is 3. The number of hydrogen-bond donors (Lipinski definition) is 1. The lowest BCUT2D eigenvalue weighted by molar-refractivity contribution is -0.123. The topological polar surface area (TPSA) is 69.0 Å². The van der Waals surface area contributed by atoms with Gasteiger partial charge in [-0.05, 0) is 54.0 Å². The van der Waals surface area contributed by atoms with Gasteiger partial charge < -0.3 is 10.1 Å². The van der Waals surface area contributed by atoms with Gasteiger partial charge in [0.25, 0.3) is 5.91 Å². The molecule has 0 saturated heterocycles. The van der Waals surface area contributed by atoms with Gasteiger partial charge in [-0.25, -0.2) is 9.67 Å². The number of carbonyl (C=O) groups excluding carboxylic acids is 1. The molecule has 0 radical (unpaired) electrons. The van der Waals surface area contributed by atoms with Crippen LogP contribution in [0.1, 0.15) is 53.1 Å². The van der Waals surface area contributed by atoms with Gasteiger partial charge in [0.05, 0.1) is 11.4 Å². The van der Waals surface area contributed by atoms with E-state index in [9.17, 15) is 4.79 Å². The van der Waals surface area contributed by atoms with Crippen molar-refractivity contribution in [2.75, 3.05) is 6.61 Å². The molecule has 0 spiro atoms. The average Bonchev–Trinajstić information content (AvgIpc) is 3.39. The molecule has 7 heteroatoms. The summed E-state index contributed by atoms with van der Waals surface area (Å²) in [4.78, 5) is 18.5. The molecule has 0 saturated carbocycles. The Kier molecular flexibility index (Phi) is 6.28. The monoisotopic (exact) mass is 448 g/mol. The number of pyridine rings is 1. The molecule has 1 aromatic carbocycles. The smallest absolute Gasteiger partial charge is 0.258 e. The Morgan fingerprint density at radius 2 is 1.88 bits per heavy atom. The maximum absolute atomic E-state index is 12.9. The molecule has 1 amide bonds. The molecule has 166 valence electrons. The highest BCUT2D eigenvalue weighted by Crippen LogP contribution is 2.29. The number of aromatic nitrogens is 3. The van der Waals surface area contributed by atoms with Crippen LogP contribution in [-0.2, 0) is 11.8 Å². The number of fused-ring (bicyclic) bond motifs is 1. The predicted molar refractivity (Wildman–Crippen MR) is 128 cm³/mol. The van der Waals surface area contributed by atoms with Crippen LogP contribution in [0.5, 0.6) is 5.88 Å². The first kappa shape index (κ1) is 22.0. The number of ether oxygens (including phenoxy) is 1. The molecule has 0 aliphatic heterocycles. The van der Waals surface area contributed by atoms with E-state index in [1.54, 1.807) is 16.0 Å². The lowest BCUT2D eigenvalue weighted by Gasteiger charge is -2.19. The second kappa shape index (κ2) is 9.12. The molecule has 4 aromatic rings. The molecule has 0 bridgehead atoms. The van der Waals surface area contributed by atoms with E-state index in [0.717, 1.165) is 32.7 Å². The normalized spacial score (nSPS) is 12.3. The summed E-state index contributed by atoms with van der Waals surface area (Å²) in [5.41, 5.74) is 5.01. The number of carbonyl (C=O) groups is 1. The van der Waals surface area contributed by atoms with Crippen molar-refractivity contribution in [2.45, 2.75) is 39.7 Å². The van der Waals surface area contributed by atoms with Crippen LogP contribution in [0.15, 0.2) is 47.8 Å². The molecular formula is C25H28N4O2S. The Bertz CT molecular complexity index is 1230. The minimum Gasteiger partial charge on any atom is -0.466 e. The van der Waals surface area contributed by atoms with Gasteiger partial charge in [-0.3, -0.25) is 4.79 Å². The highest BCUT2D eigenvalue weighted by Gasteiger charge is 2.20. The Hall–Kier alpha value is -3.19. The van der Waals surface area contributed by atoms with Crippen molar-refractivity contribution in [2.24, 2.45) is 7.05 Å². The summed E-state index contributed by atoms with van der Waals surface area (Å²) in [6.45, 7) is 8.17. The molecule has 4 rings (SSSR count). The van der Waals surface area contributed by atoms with E-state index in [4.69, 9.17) is 4.74 Å². The molecule has 1 unspecified atom stereocenters. The Balaban J connectivity index is 1.52. The van der Waals surface area contributed by atoms with Gasteiger partial charge in [0, 0.05) is 17.6 Å². The van der Waals surface area contributed by atoms with Gasteiger partial charge in [-0.1, -0.05) is 44.2 Å². The van der Waals surface area contributed by atoms with Crippen molar-refractivity contribution < 1.29 is 9.53 Å². The molecule has 0 aliphatic carbocycles. The molecule has 3 aromatic heterocycles. The van der Waals surface area contributed by atoms with Crippen LogP contribution in [0.25, 0.3) is 11.0 Å². The standard InChI is InChI=1S/C25H28N4O2S/c1-15(2)18-8-10-19(11-9-18)23(20-7-6-12-32-20)27-21(30)14-31-25-22-16(3)13-17(4)26-24(22)29(5)28-25/h6-13,15,23H,14H2,1-5H3,(H,27,30). The van der Waals surface area contributed by atoms with Gasteiger partial charge in [0.2, 0.25) is 5.88 Å². The van der Waals surface area contributed by atoms with Crippen molar-refractivity contribution in [1.29, 1.82) is 0 Å². The lowest BCUT2D eigenvalue weighted by Crippen LogP contribution is -2.33. The number of nitrogens with one attached hydrogen (secondary N) is 1. The largest absolute Gasteiger partial charge is 0.466 e. The molecule has 0 fully saturated rings. The van der Waals surface area contributed by atoms with Crippen molar-refractivity contribution in [3.63, 3.8) is 0 Å². The van der Waals surface area contributed by atoms with Crippen LogP contribution in [0.3, 0.4) is 0 Å². The minimum atomic E-state index is -0.223. The molecular weight excluding hydrogens is 420 g/mol. The van der Waals surface area contributed by atoms with Gasteiger partial charge in [0.15, 0.2) is 12.3 Å². The van der Waals surface area contributed by atoms with Crippen molar-refractivity contribution in [3.05, 3.63) is 75.1 Å². The van der Waals surface area contributed by atoms with Crippen LogP contribution in [0.4, 0.5) is 0 Å². The van der Waals surface area contributed by atoms with Gasteiger partial charge in [-0.15, -0.1) is 16.4 Å². The summed E-state index contributed by atoms with van der Waals surface area (Å²) in [6, 6.07) is 14.2. The van der Waals surface area contributed by atoms with Gasteiger partial charge in [-0.2, -0.15) is 0 Å². The molecule has 32 heavy (non-hydrogen) atoms. The molecule has 0 aliphatic rings. The maximum atomic E-state index is 12.9. The zero-order valence-corrected chi connectivity index (χ0v) is 19.9. The van der Waals surface area contributed by atoms with Crippen LogP contribution >= 0.6 is 11.3 Å². The van der Waals surface area contributed by atoms with Crippen LogP contribution < -0.4 is 10.1 Å². The summed E-state index contributed by atoms with van der Waals surface area (Å²) < 4.78 is 7.53. The fraction of sp³-hybridized carbons (Fsp3) is 0.320. The molecule has 3 heterocycles. The number of rotatable bonds is 7. The van der Waals surface area contributed by atoms with Gasteiger partial charge >= 0.3 is 0 Å². The molecule has 6 nitrogen and oxygen atoms in total. The molecule has 1 N–H and O–H groups in total. The summed E-state index contributed by atoms with van der Waals surface area (Å²) in [7, 11) is 1.83. The number of aryl methyl sites for hydroxylation is 3. The summed E-state index contributed by atoms with van der Waals surface area (Å²) >= 11 is 1.62. The number of amides is 1. The Morgan fingerprint density at radius 3 is 2.53 bits per heavy atom. The fourth-order valence-electron chi connectivity index (χ4n) is 3.83. The number of thiophene rings is 1. The first-order valence-electron chi connectivity index (χ1n) is 10.7. The number of hydrogen-bond acceptors (Lipinski definition) is 5. The second-order valence-electron chi connectivity index (χ2n) is 8.33. The number of benzene rings is 1. The third kappa shape index (κ3) is 4.53. The Labute approximate surface area is 192 Å². The van der Waals surface area contributed by atoms with Crippen LogP contribution in [-0.4, -0.2) is 27.3 Å². The van der Waals surface area contributed by atoms with E-state index < -0.39 is 0 Å². The highest BCUT2D eigenvalue weighted by atomic mass is 32.1. The van der Waals surface area contributed by atoms with Crippen molar-refractivity contribution in [1.82, 2.24) is 20.1 Å². The SMILES string of the molecule is Cc1cc(C)c2c(OCC(=O)NC(c3ccc(C(C)C)cc3)c3cccs3)nn(C)c2n1.